The number of hydrogen-bond acceptors (Lipinski definition) is 3. The van der Waals surface area contributed by atoms with Gasteiger partial charge in [0.1, 0.15) is 6.54 Å². The number of halogens is 1. The largest absolute Gasteiger partial charge is 0.325 e. The zero-order valence-corrected chi connectivity index (χ0v) is 17.9. The van der Waals surface area contributed by atoms with Gasteiger partial charge in [0.2, 0.25) is 11.8 Å². The van der Waals surface area contributed by atoms with Crippen LogP contribution in [-0.4, -0.2) is 18.4 Å². The fraction of sp³-hybridized carbons (Fsp3) is 0.130. The molecule has 1 aliphatic heterocycles. The Morgan fingerprint density at radius 1 is 1.00 bits per heavy atom. The van der Waals surface area contributed by atoms with Crippen molar-refractivity contribution in [2.75, 3.05) is 16.8 Å². The van der Waals surface area contributed by atoms with Crippen molar-refractivity contribution in [3.05, 3.63) is 88.9 Å². The Morgan fingerprint density at radius 2 is 1.69 bits per heavy atom. The molecule has 0 aliphatic carbocycles. The molecule has 1 heterocycles. The fourth-order valence-electron chi connectivity index (χ4n) is 3.28. The molecule has 0 bridgehead atoms. The van der Waals surface area contributed by atoms with E-state index in [1.807, 2.05) is 78.9 Å². The van der Waals surface area contributed by atoms with Gasteiger partial charge in [0.15, 0.2) is 0 Å². The molecule has 0 saturated carbocycles. The Morgan fingerprint density at radius 3 is 2.45 bits per heavy atom. The quantitative estimate of drug-likeness (QED) is 0.539. The van der Waals surface area contributed by atoms with Crippen LogP contribution in [0.15, 0.2) is 88.2 Å². The highest BCUT2D eigenvalue weighted by molar-refractivity contribution is 9.10. The average Bonchev–Trinajstić information content (AvgIpc) is 2.87. The summed E-state index contributed by atoms with van der Waals surface area (Å²) in [6.45, 7) is -0.0199. The maximum atomic E-state index is 13.1. The monoisotopic (exact) mass is 466 g/mol. The van der Waals surface area contributed by atoms with Crippen molar-refractivity contribution in [2.24, 2.45) is 0 Å². The molecule has 0 spiro atoms. The van der Waals surface area contributed by atoms with Crippen molar-refractivity contribution >= 4 is 50.9 Å². The van der Waals surface area contributed by atoms with Gasteiger partial charge in [-0.3, -0.25) is 9.59 Å². The smallest absolute Gasteiger partial charge is 0.244 e. The summed E-state index contributed by atoms with van der Waals surface area (Å²) in [7, 11) is 0. The third kappa shape index (κ3) is 4.71. The number of fused-ring (bicyclic) bond motifs is 1. The first-order valence-electron chi connectivity index (χ1n) is 9.26. The third-order valence-corrected chi connectivity index (χ3v) is 6.54. The van der Waals surface area contributed by atoms with Gasteiger partial charge in [0, 0.05) is 26.7 Å². The van der Waals surface area contributed by atoms with Crippen LogP contribution in [0.5, 0.6) is 0 Å². The number of nitrogens with zero attached hydrogens (tertiary/aromatic N) is 1. The minimum absolute atomic E-state index is 0.0179. The minimum Gasteiger partial charge on any atom is -0.325 e. The topological polar surface area (TPSA) is 49.4 Å². The predicted molar refractivity (Wildman–Crippen MR) is 121 cm³/mol. The van der Waals surface area contributed by atoms with Gasteiger partial charge < -0.3 is 10.2 Å². The highest BCUT2D eigenvalue weighted by atomic mass is 79.9. The Hall–Kier alpha value is -2.57. The number of rotatable bonds is 4. The van der Waals surface area contributed by atoms with E-state index in [2.05, 4.69) is 21.2 Å². The van der Waals surface area contributed by atoms with Crippen molar-refractivity contribution in [3.8, 4) is 0 Å². The maximum Gasteiger partial charge on any atom is 0.244 e. The van der Waals surface area contributed by atoms with Gasteiger partial charge in [-0.25, -0.2) is 0 Å². The average molecular weight is 467 g/mol. The van der Waals surface area contributed by atoms with Gasteiger partial charge in [-0.1, -0.05) is 58.4 Å². The van der Waals surface area contributed by atoms with Crippen LogP contribution >= 0.6 is 27.7 Å². The Labute approximate surface area is 182 Å². The molecule has 3 aromatic carbocycles. The zero-order chi connectivity index (χ0) is 20.2. The second kappa shape index (κ2) is 8.84. The van der Waals surface area contributed by atoms with E-state index in [4.69, 9.17) is 0 Å². The molecule has 1 aliphatic rings. The summed E-state index contributed by atoms with van der Waals surface area (Å²) >= 11 is 5.05. The van der Waals surface area contributed by atoms with Crippen molar-refractivity contribution in [3.63, 3.8) is 0 Å². The van der Waals surface area contributed by atoms with Crippen molar-refractivity contribution in [1.29, 1.82) is 0 Å². The molecule has 3 aromatic rings. The molecule has 0 aromatic heterocycles. The van der Waals surface area contributed by atoms with E-state index in [9.17, 15) is 9.59 Å². The Balaban J connectivity index is 1.57. The first-order valence-corrected chi connectivity index (χ1v) is 10.9. The number of carbonyl (C=O) groups is 2. The summed E-state index contributed by atoms with van der Waals surface area (Å²) in [6, 6.07) is 25.2. The van der Waals surface area contributed by atoms with E-state index in [0.29, 0.717) is 12.1 Å². The Bertz CT molecular complexity index is 1020. The van der Waals surface area contributed by atoms with Crippen molar-refractivity contribution < 1.29 is 9.59 Å². The summed E-state index contributed by atoms with van der Waals surface area (Å²) in [4.78, 5) is 28.4. The number of nitrogens with one attached hydrogen (secondary N) is 1. The highest BCUT2D eigenvalue weighted by Crippen LogP contribution is 2.45. The Kier molecular flexibility index (Phi) is 6.02. The van der Waals surface area contributed by atoms with Crippen LogP contribution in [-0.2, 0) is 9.59 Å². The molecule has 4 nitrogen and oxygen atoms in total. The molecule has 146 valence electrons. The van der Waals surface area contributed by atoms with Gasteiger partial charge in [-0.2, -0.15) is 0 Å². The number of benzene rings is 3. The lowest BCUT2D eigenvalue weighted by atomic mass is 10.1. The van der Waals surface area contributed by atoms with Gasteiger partial charge in [0.25, 0.3) is 0 Å². The van der Waals surface area contributed by atoms with Crippen LogP contribution in [0.25, 0.3) is 0 Å². The lowest BCUT2D eigenvalue weighted by Gasteiger charge is -2.22. The summed E-state index contributed by atoms with van der Waals surface area (Å²) in [5.74, 6) is -0.277. The summed E-state index contributed by atoms with van der Waals surface area (Å²) in [5.41, 5.74) is 2.60. The van der Waals surface area contributed by atoms with E-state index >= 15 is 0 Å². The van der Waals surface area contributed by atoms with Gasteiger partial charge in [-0.15, -0.1) is 11.8 Å². The molecule has 1 N–H and O–H groups in total. The number of thioether (sulfide) groups is 1. The van der Waals surface area contributed by atoms with Crippen LogP contribution in [0.3, 0.4) is 0 Å². The highest BCUT2D eigenvalue weighted by Gasteiger charge is 2.30. The number of anilines is 2. The van der Waals surface area contributed by atoms with E-state index in [1.54, 1.807) is 16.7 Å². The molecule has 29 heavy (non-hydrogen) atoms. The lowest BCUT2D eigenvalue weighted by molar-refractivity contribution is -0.121. The van der Waals surface area contributed by atoms with Gasteiger partial charge in [0.05, 0.1) is 5.69 Å². The molecule has 2 amide bonds. The number of carbonyl (C=O) groups excluding carboxylic acids is 2. The van der Waals surface area contributed by atoms with Crippen molar-refractivity contribution in [1.82, 2.24) is 0 Å². The van der Waals surface area contributed by atoms with Crippen LogP contribution in [0.1, 0.15) is 17.2 Å². The summed E-state index contributed by atoms with van der Waals surface area (Å²) in [5, 5.41) is 2.89. The first kappa shape index (κ1) is 19.7. The summed E-state index contributed by atoms with van der Waals surface area (Å²) in [6.07, 6.45) is 0.342. The van der Waals surface area contributed by atoms with E-state index in [1.165, 1.54) is 0 Å². The molecule has 6 heteroatoms. The predicted octanol–water partition coefficient (Wildman–Crippen LogP) is 5.66. The number of hydrogen-bond donors (Lipinski definition) is 1. The SMILES string of the molecule is O=C(CN1C(=O)CC(c2ccccc2)Sc2ccccc21)Nc1ccc(Br)cc1. The molecular formula is C23H19BrN2O2S. The molecule has 0 saturated heterocycles. The summed E-state index contributed by atoms with van der Waals surface area (Å²) < 4.78 is 0.941. The fourth-order valence-corrected chi connectivity index (χ4v) is 4.83. The lowest BCUT2D eigenvalue weighted by Crippen LogP contribution is -2.38. The van der Waals surface area contributed by atoms with E-state index in [0.717, 1.165) is 20.6 Å². The minimum atomic E-state index is -0.223. The third-order valence-electron chi connectivity index (χ3n) is 4.69. The van der Waals surface area contributed by atoms with Gasteiger partial charge >= 0.3 is 0 Å². The molecule has 0 fully saturated rings. The van der Waals surface area contributed by atoms with E-state index < -0.39 is 0 Å². The van der Waals surface area contributed by atoms with Gasteiger partial charge in [-0.05, 0) is 42.0 Å². The van der Waals surface area contributed by atoms with Crippen LogP contribution in [0.2, 0.25) is 0 Å². The molecular weight excluding hydrogens is 448 g/mol. The van der Waals surface area contributed by atoms with Crippen LogP contribution in [0, 0.1) is 0 Å². The van der Waals surface area contributed by atoms with Crippen molar-refractivity contribution in [2.45, 2.75) is 16.6 Å². The molecule has 4 rings (SSSR count). The normalized spacial score (nSPS) is 16.1. The molecule has 1 unspecified atom stereocenters. The number of amides is 2. The van der Waals surface area contributed by atoms with Crippen LogP contribution < -0.4 is 10.2 Å². The van der Waals surface area contributed by atoms with Crippen LogP contribution in [0.4, 0.5) is 11.4 Å². The number of para-hydroxylation sites is 1. The molecule has 0 radical (unpaired) electrons. The second-order valence-electron chi connectivity index (χ2n) is 6.72. The standard InChI is InChI=1S/C23H19BrN2O2S/c24-17-10-12-18(13-11-17)25-22(27)15-26-19-8-4-5-9-20(19)29-21(14-23(26)28)16-6-2-1-3-7-16/h1-13,21H,14-15H2,(H,25,27). The second-order valence-corrected chi connectivity index (χ2v) is 8.88. The van der Waals surface area contributed by atoms with E-state index in [-0.39, 0.29) is 23.6 Å². The zero-order valence-electron chi connectivity index (χ0n) is 15.5. The first-order chi connectivity index (χ1) is 14.1. The molecule has 1 atom stereocenters. The maximum absolute atomic E-state index is 13.1.